The van der Waals surface area contributed by atoms with Gasteiger partial charge in [-0.15, -0.1) is 0 Å². The summed E-state index contributed by atoms with van der Waals surface area (Å²) in [5.74, 6) is 0. The van der Waals surface area contributed by atoms with Crippen molar-refractivity contribution in [3.8, 4) is 0 Å². The van der Waals surface area contributed by atoms with Crippen molar-refractivity contribution in [1.82, 2.24) is 15.3 Å². The Balaban J connectivity index is 2.20. The van der Waals surface area contributed by atoms with Crippen molar-refractivity contribution in [1.29, 1.82) is 0 Å². The second-order valence-corrected chi connectivity index (χ2v) is 3.39. The van der Waals surface area contributed by atoms with E-state index in [0.29, 0.717) is 6.04 Å². The van der Waals surface area contributed by atoms with E-state index in [9.17, 15) is 0 Å². The smallest absolute Gasteiger partial charge is 0.115 e. The molecule has 0 bridgehead atoms. The lowest BCUT2D eigenvalue weighted by Gasteiger charge is -2.12. The molecule has 0 radical (unpaired) electrons. The number of aliphatic hydroxyl groups excluding tert-OH is 1. The van der Waals surface area contributed by atoms with Crippen molar-refractivity contribution in [2.75, 3.05) is 6.61 Å². The standard InChI is InChI=1S/C10H17N3O/c1-9(3-2-4-14)13-7-10-5-11-8-12-6-10/h5-6,8-9,13-14H,2-4,7H2,1H3. The van der Waals surface area contributed by atoms with E-state index in [1.807, 2.05) is 0 Å². The fraction of sp³-hybridized carbons (Fsp3) is 0.600. The molecule has 0 aliphatic heterocycles. The summed E-state index contributed by atoms with van der Waals surface area (Å²) in [4.78, 5) is 7.87. The minimum atomic E-state index is 0.264. The molecular weight excluding hydrogens is 178 g/mol. The highest BCUT2D eigenvalue weighted by Crippen LogP contribution is 1.98. The Morgan fingerprint density at radius 3 is 2.79 bits per heavy atom. The number of aromatic nitrogens is 2. The van der Waals surface area contributed by atoms with Gasteiger partial charge in [0.05, 0.1) is 0 Å². The van der Waals surface area contributed by atoms with Crippen molar-refractivity contribution in [3.63, 3.8) is 0 Å². The highest BCUT2D eigenvalue weighted by molar-refractivity contribution is 5.01. The molecule has 1 aromatic rings. The topological polar surface area (TPSA) is 58.0 Å². The molecular formula is C10H17N3O. The van der Waals surface area contributed by atoms with Crippen LogP contribution in [0.2, 0.25) is 0 Å². The van der Waals surface area contributed by atoms with Gasteiger partial charge < -0.3 is 10.4 Å². The third-order valence-electron chi connectivity index (χ3n) is 2.06. The molecule has 0 aliphatic rings. The first kappa shape index (κ1) is 11.1. The van der Waals surface area contributed by atoms with Crippen LogP contribution in [-0.2, 0) is 6.54 Å². The highest BCUT2D eigenvalue weighted by atomic mass is 16.2. The average molecular weight is 195 g/mol. The number of nitrogens with zero attached hydrogens (tertiary/aromatic N) is 2. The van der Waals surface area contributed by atoms with Crippen molar-refractivity contribution < 1.29 is 5.11 Å². The van der Waals surface area contributed by atoms with E-state index in [2.05, 4.69) is 22.2 Å². The van der Waals surface area contributed by atoms with E-state index in [-0.39, 0.29) is 6.61 Å². The average Bonchev–Trinajstić information content (AvgIpc) is 2.25. The Morgan fingerprint density at radius 2 is 2.14 bits per heavy atom. The molecule has 4 nitrogen and oxygen atoms in total. The molecule has 14 heavy (non-hydrogen) atoms. The van der Waals surface area contributed by atoms with Gasteiger partial charge in [0.2, 0.25) is 0 Å². The van der Waals surface area contributed by atoms with Crippen LogP contribution in [0.5, 0.6) is 0 Å². The van der Waals surface area contributed by atoms with Gasteiger partial charge in [0.25, 0.3) is 0 Å². The second-order valence-electron chi connectivity index (χ2n) is 3.39. The van der Waals surface area contributed by atoms with Crippen molar-refractivity contribution in [2.45, 2.75) is 32.4 Å². The summed E-state index contributed by atoms with van der Waals surface area (Å²) in [5.41, 5.74) is 1.09. The van der Waals surface area contributed by atoms with Crippen LogP contribution in [0.25, 0.3) is 0 Å². The van der Waals surface area contributed by atoms with E-state index in [1.54, 1.807) is 12.4 Å². The Kier molecular flexibility index (Phi) is 5.11. The van der Waals surface area contributed by atoms with Crippen molar-refractivity contribution in [2.24, 2.45) is 0 Å². The van der Waals surface area contributed by atoms with Gasteiger partial charge in [-0.3, -0.25) is 0 Å². The normalized spacial score (nSPS) is 12.7. The molecule has 1 unspecified atom stereocenters. The number of nitrogens with one attached hydrogen (secondary N) is 1. The molecule has 1 heterocycles. The summed E-state index contributed by atoms with van der Waals surface area (Å²) < 4.78 is 0. The van der Waals surface area contributed by atoms with Gasteiger partial charge in [0.1, 0.15) is 6.33 Å². The number of aliphatic hydroxyl groups is 1. The summed E-state index contributed by atoms with van der Waals surface area (Å²) in [5, 5.41) is 12.0. The summed E-state index contributed by atoms with van der Waals surface area (Å²) in [6.07, 6.45) is 6.97. The zero-order valence-corrected chi connectivity index (χ0v) is 8.48. The molecule has 4 heteroatoms. The van der Waals surface area contributed by atoms with Gasteiger partial charge in [-0.25, -0.2) is 9.97 Å². The maximum atomic E-state index is 8.65. The summed E-state index contributed by atoms with van der Waals surface area (Å²) in [6.45, 7) is 3.16. The van der Waals surface area contributed by atoms with Gasteiger partial charge in [-0.2, -0.15) is 0 Å². The molecule has 1 atom stereocenters. The molecule has 78 valence electrons. The largest absolute Gasteiger partial charge is 0.396 e. The second kappa shape index (κ2) is 6.45. The van der Waals surface area contributed by atoms with E-state index in [4.69, 9.17) is 5.11 Å². The van der Waals surface area contributed by atoms with Gasteiger partial charge in [0.15, 0.2) is 0 Å². The van der Waals surface area contributed by atoms with E-state index in [1.165, 1.54) is 6.33 Å². The van der Waals surface area contributed by atoms with Crippen LogP contribution in [0.3, 0.4) is 0 Å². The Bertz CT molecular complexity index is 240. The minimum absolute atomic E-state index is 0.264. The first-order valence-electron chi connectivity index (χ1n) is 4.91. The van der Waals surface area contributed by atoms with Crippen LogP contribution in [-0.4, -0.2) is 27.7 Å². The lowest BCUT2D eigenvalue weighted by atomic mass is 10.2. The lowest BCUT2D eigenvalue weighted by molar-refractivity contribution is 0.276. The molecule has 0 amide bonds. The monoisotopic (exact) mass is 195 g/mol. The van der Waals surface area contributed by atoms with Gasteiger partial charge in [-0.1, -0.05) is 0 Å². The van der Waals surface area contributed by atoms with Crippen LogP contribution in [0, 0.1) is 0 Å². The summed E-state index contributed by atoms with van der Waals surface area (Å²) >= 11 is 0. The maximum absolute atomic E-state index is 8.65. The SMILES string of the molecule is CC(CCCO)NCc1cncnc1. The summed E-state index contributed by atoms with van der Waals surface area (Å²) in [6, 6.07) is 0.419. The molecule has 0 aliphatic carbocycles. The Labute approximate surface area is 84.4 Å². The predicted molar refractivity (Wildman–Crippen MR) is 54.7 cm³/mol. The highest BCUT2D eigenvalue weighted by Gasteiger charge is 2.00. The predicted octanol–water partition coefficient (Wildman–Crippen LogP) is 0.727. The van der Waals surface area contributed by atoms with Crippen molar-refractivity contribution >= 4 is 0 Å². The Hall–Kier alpha value is -1.00. The molecule has 1 rings (SSSR count). The summed E-state index contributed by atoms with van der Waals surface area (Å²) in [7, 11) is 0. The maximum Gasteiger partial charge on any atom is 0.115 e. The molecule has 1 aromatic heterocycles. The van der Waals surface area contributed by atoms with Crippen LogP contribution in [0.4, 0.5) is 0 Å². The first-order chi connectivity index (χ1) is 6.83. The van der Waals surface area contributed by atoms with Crippen LogP contribution < -0.4 is 5.32 Å². The number of rotatable bonds is 6. The van der Waals surface area contributed by atoms with Gasteiger partial charge in [0, 0.05) is 37.2 Å². The van der Waals surface area contributed by atoms with Crippen LogP contribution in [0.15, 0.2) is 18.7 Å². The first-order valence-corrected chi connectivity index (χ1v) is 4.91. The van der Waals surface area contributed by atoms with E-state index in [0.717, 1.165) is 24.9 Å². The zero-order valence-electron chi connectivity index (χ0n) is 8.48. The number of hydrogen-bond acceptors (Lipinski definition) is 4. The molecule has 2 N–H and O–H groups in total. The van der Waals surface area contributed by atoms with E-state index < -0.39 is 0 Å². The van der Waals surface area contributed by atoms with Gasteiger partial charge >= 0.3 is 0 Å². The number of hydrogen-bond donors (Lipinski definition) is 2. The fourth-order valence-corrected chi connectivity index (χ4v) is 1.21. The Morgan fingerprint density at radius 1 is 1.43 bits per heavy atom. The molecule has 0 fully saturated rings. The van der Waals surface area contributed by atoms with E-state index >= 15 is 0 Å². The van der Waals surface area contributed by atoms with Crippen LogP contribution >= 0.6 is 0 Å². The third kappa shape index (κ3) is 4.30. The van der Waals surface area contributed by atoms with Crippen molar-refractivity contribution in [3.05, 3.63) is 24.3 Å². The molecule has 0 spiro atoms. The lowest BCUT2D eigenvalue weighted by Crippen LogP contribution is -2.25. The molecule has 0 aromatic carbocycles. The fourth-order valence-electron chi connectivity index (χ4n) is 1.21. The molecule has 0 saturated heterocycles. The zero-order chi connectivity index (χ0) is 10.2. The third-order valence-corrected chi connectivity index (χ3v) is 2.06. The molecule has 0 saturated carbocycles. The minimum Gasteiger partial charge on any atom is -0.396 e. The van der Waals surface area contributed by atoms with Gasteiger partial charge in [-0.05, 0) is 19.8 Å². The quantitative estimate of drug-likeness (QED) is 0.702. The van der Waals surface area contributed by atoms with Crippen LogP contribution in [0.1, 0.15) is 25.3 Å².